The summed E-state index contributed by atoms with van der Waals surface area (Å²) in [5, 5.41) is 3.40. The summed E-state index contributed by atoms with van der Waals surface area (Å²) >= 11 is 0. The number of anilines is 2. The van der Waals surface area contributed by atoms with Crippen molar-refractivity contribution in [2.24, 2.45) is 0 Å². The highest BCUT2D eigenvalue weighted by atomic mass is 16.4. The molecule has 0 saturated heterocycles. The molecule has 2 aromatic carbocycles. The number of amides is 1. The molecule has 3 aromatic rings. The van der Waals surface area contributed by atoms with Crippen molar-refractivity contribution in [1.29, 1.82) is 0 Å². The van der Waals surface area contributed by atoms with Gasteiger partial charge in [0.05, 0.1) is 6.04 Å². The van der Waals surface area contributed by atoms with Crippen molar-refractivity contribution in [2.45, 2.75) is 32.4 Å². The van der Waals surface area contributed by atoms with E-state index in [1.807, 2.05) is 47.4 Å². The lowest BCUT2D eigenvalue weighted by molar-refractivity contribution is -0.117. The average Bonchev–Trinajstić information content (AvgIpc) is 2.96. The molecule has 24 heavy (non-hydrogen) atoms. The summed E-state index contributed by atoms with van der Waals surface area (Å²) in [5.74, 6) is 0.0651. The third kappa shape index (κ3) is 2.42. The van der Waals surface area contributed by atoms with Crippen molar-refractivity contribution in [2.75, 3.05) is 10.2 Å². The van der Waals surface area contributed by atoms with Crippen LogP contribution in [0.15, 0.2) is 52.9 Å². The molecule has 122 valence electrons. The van der Waals surface area contributed by atoms with Crippen molar-refractivity contribution in [3.05, 3.63) is 54.1 Å². The van der Waals surface area contributed by atoms with Crippen molar-refractivity contribution in [3.63, 3.8) is 0 Å². The van der Waals surface area contributed by atoms with Crippen molar-refractivity contribution >= 4 is 28.7 Å². The predicted octanol–water partition coefficient (Wildman–Crippen LogP) is 4.13. The summed E-state index contributed by atoms with van der Waals surface area (Å²) in [5.41, 5.74) is 3.65. The molecular weight excluding hydrogens is 302 g/mol. The number of fused-ring (bicyclic) bond motifs is 2. The van der Waals surface area contributed by atoms with Crippen LogP contribution in [0.3, 0.4) is 0 Å². The lowest BCUT2D eigenvalue weighted by Gasteiger charge is -2.38. The number of hydrogen-bond donors (Lipinski definition) is 1. The van der Waals surface area contributed by atoms with Gasteiger partial charge in [-0.25, -0.2) is 0 Å². The topological polar surface area (TPSA) is 58.4 Å². The van der Waals surface area contributed by atoms with E-state index in [0.29, 0.717) is 6.01 Å². The Morgan fingerprint density at radius 1 is 1.21 bits per heavy atom. The molecule has 2 atom stereocenters. The number of oxazole rings is 1. The van der Waals surface area contributed by atoms with Crippen LogP contribution in [0.2, 0.25) is 0 Å². The molecule has 5 nitrogen and oxygen atoms in total. The number of aromatic nitrogens is 1. The summed E-state index contributed by atoms with van der Waals surface area (Å²) in [7, 11) is 0. The molecule has 2 heterocycles. The minimum atomic E-state index is 0.0554. The molecule has 1 aromatic heterocycles. The zero-order chi connectivity index (χ0) is 16.7. The summed E-state index contributed by atoms with van der Waals surface area (Å²) < 4.78 is 5.79. The minimum Gasteiger partial charge on any atom is -0.424 e. The van der Waals surface area contributed by atoms with E-state index in [-0.39, 0.29) is 18.0 Å². The molecule has 0 fully saturated rings. The number of carbonyl (C=O) groups is 1. The van der Waals surface area contributed by atoms with Crippen molar-refractivity contribution in [1.82, 2.24) is 4.98 Å². The Hall–Kier alpha value is -2.82. The number of nitrogens with zero attached hydrogens (tertiary/aromatic N) is 2. The van der Waals surface area contributed by atoms with E-state index in [0.717, 1.165) is 28.8 Å². The monoisotopic (exact) mass is 321 g/mol. The van der Waals surface area contributed by atoms with E-state index >= 15 is 0 Å². The standard InChI is InChI=1S/C19H19N3O2/c1-12-11-16(14-7-3-5-9-17(14)22(12)13(2)23)21-19-20-15-8-4-6-10-18(15)24-19/h3-10,12,16H,11H2,1-2H3,(H,20,21). The number of benzene rings is 2. The molecule has 0 spiro atoms. The van der Waals surface area contributed by atoms with Crippen molar-refractivity contribution < 1.29 is 9.21 Å². The molecule has 1 amide bonds. The largest absolute Gasteiger partial charge is 0.424 e. The lowest BCUT2D eigenvalue weighted by Crippen LogP contribution is -2.43. The van der Waals surface area contributed by atoms with Crippen LogP contribution in [0.25, 0.3) is 11.1 Å². The van der Waals surface area contributed by atoms with Crippen LogP contribution >= 0.6 is 0 Å². The number of nitrogens with one attached hydrogen (secondary N) is 1. The van der Waals surface area contributed by atoms with Crippen LogP contribution in [0.5, 0.6) is 0 Å². The van der Waals surface area contributed by atoms with E-state index < -0.39 is 0 Å². The maximum Gasteiger partial charge on any atom is 0.296 e. The molecule has 0 saturated carbocycles. The van der Waals surface area contributed by atoms with Gasteiger partial charge in [-0.05, 0) is 37.1 Å². The fourth-order valence-electron chi connectivity index (χ4n) is 3.51. The fourth-order valence-corrected chi connectivity index (χ4v) is 3.51. The average molecular weight is 321 g/mol. The number of carbonyl (C=O) groups excluding carboxylic acids is 1. The number of hydrogen-bond acceptors (Lipinski definition) is 4. The van der Waals surface area contributed by atoms with Crippen molar-refractivity contribution in [3.8, 4) is 0 Å². The first-order valence-corrected chi connectivity index (χ1v) is 8.14. The third-order valence-electron chi connectivity index (χ3n) is 4.52. The fraction of sp³-hybridized carbons (Fsp3) is 0.263. The summed E-state index contributed by atoms with van der Waals surface area (Å²) in [6, 6.07) is 16.4. The lowest BCUT2D eigenvalue weighted by atomic mass is 9.92. The maximum atomic E-state index is 12.0. The Bertz CT molecular complexity index is 869. The zero-order valence-corrected chi connectivity index (χ0v) is 13.7. The first-order valence-electron chi connectivity index (χ1n) is 8.14. The summed E-state index contributed by atoms with van der Waals surface area (Å²) in [6.45, 7) is 3.68. The van der Waals surface area contributed by atoms with E-state index in [9.17, 15) is 4.79 Å². The molecule has 1 N–H and O–H groups in total. The first kappa shape index (κ1) is 14.8. The van der Waals surface area contributed by atoms with Crippen LogP contribution < -0.4 is 10.2 Å². The van der Waals surface area contributed by atoms with Crippen LogP contribution in [0.4, 0.5) is 11.7 Å². The van der Waals surface area contributed by atoms with Gasteiger partial charge in [-0.3, -0.25) is 4.79 Å². The molecule has 0 bridgehead atoms. The van der Waals surface area contributed by atoms with Gasteiger partial charge in [-0.15, -0.1) is 0 Å². The van der Waals surface area contributed by atoms with Crippen LogP contribution in [0.1, 0.15) is 31.9 Å². The zero-order valence-electron chi connectivity index (χ0n) is 13.7. The molecule has 1 aliphatic rings. The Labute approximate surface area is 140 Å². The number of rotatable bonds is 2. The number of para-hydroxylation sites is 3. The normalized spacial score (nSPS) is 20.0. The quantitative estimate of drug-likeness (QED) is 0.771. The summed E-state index contributed by atoms with van der Waals surface area (Å²) in [4.78, 5) is 18.4. The second kappa shape index (κ2) is 5.67. The molecular formula is C19H19N3O2. The Morgan fingerprint density at radius 2 is 1.96 bits per heavy atom. The Morgan fingerprint density at radius 3 is 2.75 bits per heavy atom. The van der Waals surface area contributed by atoms with E-state index in [1.54, 1.807) is 6.92 Å². The van der Waals surface area contributed by atoms with Gasteiger partial charge in [-0.2, -0.15) is 4.98 Å². The van der Waals surface area contributed by atoms with E-state index in [1.165, 1.54) is 0 Å². The van der Waals surface area contributed by atoms with Gasteiger partial charge < -0.3 is 14.6 Å². The highest BCUT2D eigenvalue weighted by Gasteiger charge is 2.32. The van der Waals surface area contributed by atoms with Gasteiger partial charge in [0.1, 0.15) is 5.52 Å². The van der Waals surface area contributed by atoms with Crippen LogP contribution in [-0.4, -0.2) is 16.9 Å². The Kier molecular flexibility index (Phi) is 3.49. The minimum absolute atomic E-state index is 0.0554. The van der Waals surface area contributed by atoms with Gasteiger partial charge in [0.15, 0.2) is 5.58 Å². The summed E-state index contributed by atoms with van der Waals surface area (Å²) in [6.07, 6.45) is 0.801. The van der Waals surface area contributed by atoms with Gasteiger partial charge >= 0.3 is 0 Å². The van der Waals surface area contributed by atoms with Crippen LogP contribution in [-0.2, 0) is 4.79 Å². The first-order chi connectivity index (χ1) is 11.6. The molecule has 4 rings (SSSR count). The van der Waals surface area contributed by atoms with E-state index in [2.05, 4.69) is 23.3 Å². The van der Waals surface area contributed by atoms with Gasteiger partial charge in [0.25, 0.3) is 6.01 Å². The SMILES string of the molecule is CC(=O)N1c2ccccc2C(Nc2nc3ccccc3o2)CC1C. The smallest absolute Gasteiger partial charge is 0.296 e. The van der Waals surface area contributed by atoms with E-state index in [4.69, 9.17) is 4.42 Å². The molecule has 2 unspecified atom stereocenters. The highest BCUT2D eigenvalue weighted by Crippen LogP contribution is 2.39. The predicted molar refractivity (Wildman–Crippen MR) is 94.1 cm³/mol. The Balaban J connectivity index is 1.70. The maximum absolute atomic E-state index is 12.0. The molecule has 5 heteroatoms. The van der Waals surface area contributed by atoms with Gasteiger partial charge in [0.2, 0.25) is 5.91 Å². The highest BCUT2D eigenvalue weighted by molar-refractivity contribution is 5.93. The van der Waals surface area contributed by atoms with Crippen LogP contribution in [0, 0.1) is 0 Å². The third-order valence-corrected chi connectivity index (χ3v) is 4.52. The molecule has 0 aliphatic carbocycles. The van der Waals surface area contributed by atoms with Gasteiger partial charge in [0, 0.05) is 18.7 Å². The second-order valence-corrected chi connectivity index (χ2v) is 6.22. The van der Waals surface area contributed by atoms with Gasteiger partial charge in [-0.1, -0.05) is 30.3 Å². The second-order valence-electron chi connectivity index (χ2n) is 6.22. The molecule has 0 radical (unpaired) electrons. The molecule has 1 aliphatic heterocycles.